The van der Waals surface area contributed by atoms with Crippen molar-refractivity contribution in [3.05, 3.63) is 53.3 Å². The predicted molar refractivity (Wildman–Crippen MR) is 78.7 cm³/mol. The number of para-hydroxylation sites is 1. The van der Waals surface area contributed by atoms with E-state index in [0.717, 1.165) is 5.56 Å². The second kappa shape index (κ2) is 5.61. The summed E-state index contributed by atoms with van der Waals surface area (Å²) in [5, 5.41) is 5.48. The normalized spacial score (nSPS) is 10.2. The minimum absolute atomic E-state index is 0.224. The highest BCUT2D eigenvalue weighted by atomic mass is 19.1. The molecule has 0 bridgehead atoms. The standard InChI is InChI=1S/C15H16FN3O/c1-9-4-3-5-11(16)14(9)19-13-8-10(15(20)18-2)6-7-12(13)17/h3-8,19H,17H2,1-2H3,(H,18,20). The van der Waals surface area contributed by atoms with Crippen molar-refractivity contribution in [3.63, 3.8) is 0 Å². The molecule has 0 saturated heterocycles. The molecule has 0 saturated carbocycles. The van der Waals surface area contributed by atoms with Crippen LogP contribution in [0.15, 0.2) is 36.4 Å². The number of rotatable bonds is 3. The molecule has 1 amide bonds. The summed E-state index contributed by atoms with van der Waals surface area (Å²) < 4.78 is 13.8. The Balaban J connectivity index is 2.40. The maximum Gasteiger partial charge on any atom is 0.251 e. The van der Waals surface area contributed by atoms with Crippen LogP contribution < -0.4 is 16.4 Å². The van der Waals surface area contributed by atoms with Crippen molar-refractivity contribution in [2.24, 2.45) is 0 Å². The lowest BCUT2D eigenvalue weighted by Gasteiger charge is -2.13. The first-order valence-electron chi connectivity index (χ1n) is 6.16. The van der Waals surface area contributed by atoms with E-state index in [0.29, 0.717) is 22.6 Å². The molecule has 0 aromatic heterocycles. The fourth-order valence-electron chi connectivity index (χ4n) is 1.88. The molecule has 5 heteroatoms. The number of halogens is 1. The molecule has 0 radical (unpaired) electrons. The first-order chi connectivity index (χ1) is 9.52. The third kappa shape index (κ3) is 2.71. The number of amides is 1. The molecule has 20 heavy (non-hydrogen) atoms. The van der Waals surface area contributed by atoms with Gasteiger partial charge >= 0.3 is 0 Å². The van der Waals surface area contributed by atoms with Crippen LogP contribution >= 0.6 is 0 Å². The zero-order valence-electron chi connectivity index (χ0n) is 11.3. The number of carbonyl (C=O) groups is 1. The van der Waals surface area contributed by atoms with E-state index in [4.69, 9.17) is 5.73 Å². The fraction of sp³-hybridized carbons (Fsp3) is 0.133. The van der Waals surface area contributed by atoms with E-state index in [2.05, 4.69) is 10.6 Å². The summed E-state index contributed by atoms with van der Waals surface area (Å²) in [7, 11) is 1.55. The molecule has 0 aliphatic heterocycles. The maximum absolute atomic E-state index is 13.8. The summed E-state index contributed by atoms with van der Waals surface area (Å²) in [5.41, 5.74) is 8.38. The maximum atomic E-state index is 13.8. The lowest BCUT2D eigenvalue weighted by atomic mass is 10.1. The van der Waals surface area contributed by atoms with Crippen LogP contribution in [0.5, 0.6) is 0 Å². The monoisotopic (exact) mass is 273 g/mol. The van der Waals surface area contributed by atoms with Crippen molar-refractivity contribution in [2.75, 3.05) is 18.1 Å². The molecule has 4 N–H and O–H groups in total. The number of hydrogen-bond donors (Lipinski definition) is 3. The molecule has 0 fully saturated rings. The molecule has 0 heterocycles. The topological polar surface area (TPSA) is 67.2 Å². The number of aryl methyl sites for hydroxylation is 1. The van der Waals surface area contributed by atoms with Crippen molar-refractivity contribution in [3.8, 4) is 0 Å². The van der Waals surface area contributed by atoms with Crippen molar-refractivity contribution < 1.29 is 9.18 Å². The molecular weight excluding hydrogens is 257 g/mol. The van der Waals surface area contributed by atoms with Crippen LogP contribution in [0.2, 0.25) is 0 Å². The highest BCUT2D eigenvalue weighted by Crippen LogP contribution is 2.28. The molecule has 0 spiro atoms. The Kier molecular flexibility index (Phi) is 3.89. The zero-order chi connectivity index (χ0) is 14.7. The molecule has 4 nitrogen and oxygen atoms in total. The lowest BCUT2D eigenvalue weighted by Crippen LogP contribution is -2.18. The number of carbonyl (C=O) groups excluding carboxylic acids is 1. The van der Waals surface area contributed by atoms with E-state index in [1.165, 1.54) is 6.07 Å². The van der Waals surface area contributed by atoms with Crippen LogP contribution in [0.1, 0.15) is 15.9 Å². The van der Waals surface area contributed by atoms with E-state index in [1.54, 1.807) is 44.3 Å². The predicted octanol–water partition coefficient (Wildman–Crippen LogP) is 2.82. The van der Waals surface area contributed by atoms with Crippen LogP contribution in [0.4, 0.5) is 21.5 Å². The van der Waals surface area contributed by atoms with Crippen molar-refractivity contribution in [2.45, 2.75) is 6.92 Å². The zero-order valence-corrected chi connectivity index (χ0v) is 11.3. The fourth-order valence-corrected chi connectivity index (χ4v) is 1.88. The van der Waals surface area contributed by atoms with Gasteiger partial charge in [0.25, 0.3) is 5.91 Å². The van der Waals surface area contributed by atoms with Gasteiger partial charge in [-0.1, -0.05) is 12.1 Å². The molecule has 0 aliphatic rings. The third-order valence-electron chi connectivity index (χ3n) is 3.02. The lowest BCUT2D eigenvalue weighted by molar-refractivity contribution is 0.0963. The van der Waals surface area contributed by atoms with Gasteiger partial charge in [0.1, 0.15) is 5.82 Å². The van der Waals surface area contributed by atoms with Gasteiger partial charge in [0.05, 0.1) is 17.1 Å². The van der Waals surface area contributed by atoms with Crippen LogP contribution in [-0.2, 0) is 0 Å². The molecule has 2 aromatic carbocycles. The van der Waals surface area contributed by atoms with Gasteiger partial charge in [-0.05, 0) is 36.8 Å². The highest BCUT2D eigenvalue weighted by Gasteiger charge is 2.10. The Hall–Kier alpha value is -2.56. The third-order valence-corrected chi connectivity index (χ3v) is 3.02. The van der Waals surface area contributed by atoms with E-state index in [1.807, 2.05) is 0 Å². The van der Waals surface area contributed by atoms with Gasteiger partial charge in [-0.3, -0.25) is 4.79 Å². The van der Waals surface area contributed by atoms with E-state index in [-0.39, 0.29) is 11.7 Å². The Labute approximate surface area is 116 Å². The molecule has 0 aliphatic carbocycles. The highest BCUT2D eigenvalue weighted by molar-refractivity contribution is 5.96. The van der Waals surface area contributed by atoms with Gasteiger partial charge in [-0.2, -0.15) is 0 Å². The van der Waals surface area contributed by atoms with Crippen LogP contribution in [0, 0.1) is 12.7 Å². The Morgan fingerprint density at radius 1 is 1.25 bits per heavy atom. The molecule has 2 aromatic rings. The number of nitrogens with two attached hydrogens (primary N) is 1. The average Bonchev–Trinajstić information content (AvgIpc) is 2.44. The summed E-state index contributed by atoms with van der Waals surface area (Å²) >= 11 is 0. The Bertz CT molecular complexity index is 635. The van der Waals surface area contributed by atoms with Crippen LogP contribution in [-0.4, -0.2) is 13.0 Å². The van der Waals surface area contributed by atoms with Gasteiger partial charge in [0.2, 0.25) is 0 Å². The molecular formula is C15H16FN3O. The van der Waals surface area contributed by atoms with E-state index >= 15 is 0 Å². The first-order valence-corrected chi connectivity index (χ1v) is 6.16. The largest absolute Gasteiger partial charge is 0.397 e. The van der Waals surface area contributed by atoms with E-state index in [9.17, 15) is 9.18 Å². The minimum Gasteiger partial charge on any atom is -0.397 e. The second-order valence-corrected chi connectivity index (χ2v) is 4.44. The Morgan fingerprint density at radius 3 is 2.65 bits per heavy atom. The first kappa shape index (κ1) is 13.9. The van der Waals surface area contributed by atoms with E-state index < -0.39 is 0 Å². The summed E-state index contributed by atoms with van der Waals surface area (Å²) in [5.74, 6) is -0.590. The molecule has 0 atom stereocenters. The van der Waals surface area contributed by atoms with Gasteiger partial charge in [-0.25, -0.2) is 4.39 Å². The summed E-state index contributed by atoms with van der Waals surface area (Å²) in [6.07, 6.45) is 0. The summed E-state index contributed by atoms with van der Waals surface area (Å²) in [4.78, 5) is 11.6. The number of nitrogens with one attached hydrogen (secondary N) is 2. The van der Waals surface area contributed by atoms with Gasteiger partial charge in [-0.15, -0.1) is 0 Å². The molecule has 2 rings (SSSR count). The Morgan fingerprint density at radius 2 is 2.00 bits per heavy atom. The number of benzene rings is 2. The van der Waals surface area contributed by atoms with Gasteiger partial charge < -0.3 is 16.4 Å². The van der Waals surface area contributed by atoms with Crippen molar-refractivity contribution in [1.82, 2.24) is 5.32 Å². The molecule has 104 valence electrons. The average molecular weight is 273 g/mol. The number of hydrogen-bond acceptors (Lipinski definition) is 3. The minimum atomic E-state index is -0.366. The van der Waals surface area contributed by atoms with Crippen molar-refractivity contribution in [1.29, 1.82) is 0 Å². The quantitative estimate of drug-likeness (QED) is 0.753. The smallest absolute Gasteiger partial charge is 0.251 e. The summed E-state index contributed by atoms with van der Waals surface area (Å²) in [6.45, 7) is 1.80. The number of anilines is 3. The van der Waals surface area contributed by atoms with Crippen molar-refractivity contribution >= 4 is 23.0 Å². The van der Waals surface area contributed by atoms with Crippen LogP contribution in [0.3, 0.4) is 0 Å². The van der Waals surface area contributed by atoms with Crippen LogP contribution in [0.25, 0.3) is 0 Å². The van der Waals surface area contributed by atoms with Gasteiger partial charge in [0.15, 0.2) is 0 Å². The van der Waals surface area contributed by atoms with Gasteiger partial charge in [0, 0.05) is 12.6 Å². The SMILES string of the molecule is CNC(=O)c1ccc(N)c(Nc2c(C)cccc2F)c1. The summed E-state index contributed by atoms with van der Waals surface area (Å²) in [6, 6.07) is 9.63. The molecule has 0 unspecified atom stereocenters. The number of nitrogen functional groups attached to an aromatic ring is 1. The second-order valence-electron chi connectivity index (χ2n) is 4.44.